The van der Waals surface area contributed by atoms with Gasteiger partial charge >= 0.3 is 0 Å². The number of nitrogens with one attached hydrogen (secondary N) is 1. The molecular formula is C23H34N4O3. The fourth-order valence-electron chi connectivity index (χ4n) is 3.46. The molecule has 1 aromatic heterocycles. The number of aromatic nitrogens is 1. The van der Waals surface area contributed by atoms with Crippen LogP contribution in [0.25, 0.3) is 0 Å². The highest BCUT2D eigenvalue weighted by Crippen LogP contribution is 2.16. The van der Waals surface area contributed by atoms with Crippen LogP contribution in [0.4, 0.5) is 5.82 Å². The predicted octanol–water partition coefficient (Wildman–Crippen LogP) is 3.88. The van der Waals surface area contributed by atoms with Crippen molar-refractivity contribution in [1.29, 1.82) is 0 Å². The van der Waals surface area contributed by atoms with E-state index in [0.717, 1.165) is 38.0 Å². The first-order valence-corrected chi connectivity index (χ1v) is 10.7. The molecule has 7 nitrogen and oxygen atoms in total. The van der Waals surface area contributed by atoms with Crippen LogP contribution in [0, 0.1) is 13.8 Å². The number of anilines is 1. The van der Waals surface area contributed by atoms with E-state index in [1.54, 1.807) is 17.9 Å². The lowest BCUT2D eigenvalue weighted by Crippen LogP contribution is -2.44. The molecule has 0 radical (unpaired) electrons. The predicted molar refractivity (Wildman–Crippen MR) is 119 cm³/mol. The van der Waals surface area contributed by atoms with Crippen LogP contribution in [0.5, 0.6) is 0 Å². The Balaban J connectivity index is 2.11. The summed E-state index contributed by atoms with van der Waals surface area (Å²) >= 11 is 0. The van der Waals surface area contributed by atoms with Crippen molar-refractivity contribution in [2.45, 2.75) is 53.5 Å². The Kier molecular flexibility index (Phi) is 9.05. The molecule has 7 heteroatoms. The average molecular weight is 415 g/mol. The summed E-state index contributed by atoms with van der Waals surface area (Å²) in [6, 6.07) is 9.06. The third-order valence-electron chi connectivity index (χ3n) is 5.37. The monoisotopic (exact) mass is 414 g/mol. The second kappa shape index (κ2) is 11.5. The van der Waals surface area contributed by atoms with Crippen molar-refractivity contribution in [1.82, 2.24) is 15.0 Å². The molecular weight excluding hydrogens is 380 g/mol. The third kappa shape index (κ3) is 6.69. The molecule has 2 rings (SSSR count). The summed E-state index contributed by atoms with van der Waals surface area (Å²) in [5.74, 6) is 0.550. The van der Waals surface area contributed by atoms with Crippen molar-refractivity contribution in [2.75, 3.05) is 31.5 Å². The molecule has 0 saturated carbocycles. The minimum absolute atomic E-state index is 0.0362. The first-order valence-electron chi connectivity index (χ1n) is 10.7. The van der Waals surface area contributed by atoms with E-state index in [4.69, 9.17) is 4.52 Å². The fourth-order valence-corrected chi connectivity index (χ4v) is 3.46. The molecule has 1 N–H and O–H groups in total. The Morgan fingerprint density at radius 2 is 1.87 bits per heavy atom. The van der Waals surface area contributed by atoms with Gasteiger partial charge in [0.2, 0.25) is 5.91 Å². The van der Waals surface area contributed by atoms with E-state index < -0.39 is 0 Å². The quantitative estimate of drug-likeness (QED) is 0.604. The maximum Gasteiger partial charge on any atom is 0.254 e. The normalized spacial score (nSPS) is 12.1. The Morgan fingerprint density at radius 3 is 2.47 bits per heavy atom. The molecule has 0 aliphatic carbocycles. The van der Waals surface area contributed by atoms with Crippen molar-refractivity contribution >= 4 is 17.6 Å². The highest BCUT2D eigenvalue weighted by atomic mass is 16.5. The topological polar surface area (TPSA) is 78.7 Å². The number of carbonyl (C=O) groups excluding carboxylic acids is 2. The van der Waals surface area contributed by atoms with Crippen molar-refractivity contribution in [3.8, 4) is 0 Å². The zero-order chi connectivity index (χ0) is 22.1. The lowest BCUT2D eigenvalue weighted by Gasteiger charge is -2.30. The average Bonchev–Trinajstić information content (AvgIpc) is 3.13. The molecule has 0 bridgehead atoms. The molecule has 1 heterocycles. The number of rotatable bonds is 11. The second-order valence-corrected chi connectivity index (χ2v) is 7.64. The van der Waals surface area contributed by atoms with E-state index in [9.17, 15) is 9.59 Å². The van der Waals surface area contributed by atoms with Crippen molar-refractivity contribution in [3.63, 3.8) is 0 Å². The first kappa shape index (κ1) is 23.6. The van der Waals surface area contributed by atoms with E-state index in [-0.39, 0.29) is 24.4 Å². The van der Waals surface area contributed by atoms with Gasteiger partial charge in [-0.3, -0.25) is 9.59 Å². The first-order chi connectivity index (χ1) is 14.3. The van der Waals surface area contributed by atoms with Crippen LogP contribution >= 0.6 is 0 Å². The van der Waals surface area contributed by atoms with Crippen LogP contribution in [0.15, 0.2) is 34.9 Å². The van der Waals surface area contributed by atoms with Crippen LogP contribution in [0.2, 0.25) is 0 Å². The van der Waals surface area contributed by atoms with Crippen LogP contribution in [0.1, 0.15) is 55.3 Å². The Labute approximate surface area is 179 Å². The van der Waals surface area contributed by atoms with Crippen LogP contribution in [-0.4, -0.2) is 59.0 Å². The van der Waals surface area contributed by atoms with Crippen molar-refractivity contribution in [2.24, 2.45) is 0 Å². The fraction of sp³-hybridized carbons (Fsp3) is 0.522. The SMILES string of the molecule is CCN(CC)CCCC(C)N(CC(=O)Nc1cc(C)on1)C(=O)c1ccccc1C. The molecule has 0 aliphatic rings. The molecule has 1 atom stereocenters. The summed E-state index contributed by atoms with van der Waals surface area (Å²) < 4.78 is 5.00. The van der Waals surface area contributed by atoms with Crippen LogP contribution in [0.3, 0.4) is 0 Å². The van der Waals surface area contributed by atoms with Gasteiger partial charge in [-0.2, -0.15) is 0 Å². The van der Waals surface area contributed by atoms with Gasteiger partial charge in [0, 0.05) is 17.7 Å². The highest BCUT2D eigenvalue weighted by molar-refractivity contribution is 6.00. The van der Waals surface area contributed by atoms with Gasteiger partial charge in [0.1, 0.15) is 12.3 Å². The van der Waals surface area contributed by atoms with E-state index in [1.165, 1.54) is 0 Å². The lowest BCUT2D eigenvalue weighted by atomic mass is 10.0. The minimum atomic E-state index is -0.291. The molecule has 0 spiro atoms. The molecule has 0 aliphatic heterocycles. The number of hydrogen-bond acceptors (Lipinski definition) is 5. The standard InChI is InChI=1S/C23H34N4O3/c1-6-26(7-2)14-10-12-18(4)27(23(29)20-13-9-8-11-17(20)3)16-22(28)24-21-15-19(5)30-25-21/h8-9,11,13,15,18H,6-7,10,12,14,16H2,1-5H3,(H,24,25,28). The Hall–Kier alpha value is -2.67. The van der Waals surface area contributed by atoms with Crippen molar-refractivity contribution in [3.05, 3.63) is 47.2 Å². The van der Waals surface area contributed by atoms with Crippen molar-refractivity contribution < 1.29 is 14.1 Å². The summed E-state index contributed by atoms with van der Waals surface area (Å²) in [4.78, 5) is 30.0. The summed E-state index contributed by atoms with van der Waals surface area (Å²) in [5.41, 5.74) is 1.52. The molecule has 1 aromatic carbocycles. The van der Waals surface area contributed by atoms with E-state index in [0.29, 0.717) is 17.1 Å². The molecule has 0 saturated heterocycles. The number of carbonyl (C=O) groups is 2. The van der Waals surface area contributed by atoms with E-state index >= 15 is 0 Å². The van der Waals surface area contributed by atoms with Gasteiger partial charge in [-0.1, -0.05) is 37.2 Å². The lowest BCUT2D eigenvalue weighted by molar-refractivity contribution is -0.117. The Bertz CT molecular complexity index is 829. The molecule has 0 fully saturated rings. The maximum atomic E-state index is 13.3. The number of aryl methyl sites for hydroxylation is 2. The summed E-state index contributed by atoms with van der Waals surface area (Å²) in [6.07, 6.45) is 1.79. The minimum Gasteiger partial charge on any atom is -0.360 e. The van der Waals surface area contributed by atoms with Gasteiger partial charge in [0.15, 0.2) is 5.82 Å². The smallest absolute Gasteiger partial charge is 0.254 e. The van der Waals surface area contributed by atoms with Gasteiger partial charge in [-0.25, -0.2) is 0 Å². The number of benzene rings is 1. The molecule has 2 aromatic rings. The Morgan fingerprint density at radius 1 is 1.17 bits per heavy atom. The van der Waals surface area contributed by atoms with Gasteiger partial charge in [0.25, 0.3) is 5.91 Å². The molecule has 164 valence electrons. The zero-order valence-corrected chi connectivity index (χ0v) is 18.8. The second-order valence-electron chi connectivity index (χ2n) is 7.64. The number of nitrogens with zero attached hydrogens (tertiary/aromatic N) is 3. The van der Waals surface area contributed by atoms with E-state index in [2.05, 4.69) is 29.2 Å². The van der Waals surface area contributed by atoms with Gasteiger partial charge < -0.3 is 19.6 Å². The largest absolute Gasteiger partial charge is 0.360 e. The zero-order valence-electron chi connectivity index (χ0n) is 18.8. The summed E-state index contributed by atoms with van der Waals surface area (Å²) in [7, 11) is 0. The summed E-state index contributed by atoms with van der Waals surface area (Å²) in [5, 5.41) is 6.51. The van der Waals surface area contributed by atoms with Gasteiger partial charge in [-0.15, -0.1) is 0 Å². The van der Waals surface area contributed by atoms with Gasteiger partial charge in [0.05, 0.1) is 0 Å². The van der Waals surface area contributed by atoms with Crippen LogP contribution in [-0.2, 0) is 4.79 Å². The summed E-state index contributed by atoms with van der Waals surface area (Å²) in [6.45, 7) is 12.9. The third-order valence-corrected chi connectivity index (χ3v) is 5.37. The highest BCUT2D eigenvalue weighted by Gasteiger charge is 2.25. The van der Waals surface area contributed by atoms with Crippen LogP contribution < -0.4 is 5.32 Å². The number of hydrogen-bond donors (Lipinski definition) is 1. The molecule has 1 unspecified atom stereocenters. The van der Waals surface area contributed by atoms with Gasteiger partial charge in [-0.05, 0) is 64.9 Å². The molecule has 2 amide bonds. The molecule has 30 heavy (non-hydrogen) atoms. The number of amides is 2. The maximum absolute atomic E-state index is 13.3. The van der Waals surface area contributed by atoms with E-state index in [1.807, 2.05) is 38.1 Å².